The number of aromatic hydroxyl groups is 2. The summed E-state index contributed by atoms with van der Waals surface area (Å²) in [5, 5.41) is 19.3. The van der Waals surface area contributed by atoms with Gasteiger partial charge >= 0.3 is 0 Å². The molecular weight excluding hydrogens is 224 g/mol. The van der Waals surface area contributed by atoms with Gasteiger partial charge in [0.2, 0.25) is 0 Å². The van der Waals surface area contributed by atoms with Crippen molar-refractivity contribution in [3.05, 3.63) is 47.1 Å². The van der Waals surface area contributed by atoms with Crippen molar-refractivity contribution in [2.75, 3.05) is 0 Å². The van der Waals surface area contributed by atoms with Crippen LogP contribution in [0, 0.1) is 0 Å². The summed E-state index contributed by atoms with van der Waals surface area (Å²) >= 11 is 0. The quantitative estimate of drug-likeness (QED) is 0.759. The van der Waals surface area contributed by atoms with Crippen LogP contribution in [0.4, 0.5) is 0 Å². The fraction of sp³-hybridized carbons (Fsp3) is 0.375. The van der Waals surface area contributed by atoms with E-state index in [1.54, 1.807) is 18.2 Å². The Morgan fingerprint density at radius 3 is 2.22 bits per heavy atom. The van der Waals surface area contributed by atoms with Crippen molar-refractivity contribution in [2.24, 2.45) is 0 Å². The van der Waals surface area contributed by atoms with Crippen LogP contribution in [-0.2, 0) is 6.42 Å². The summed E-state index contributed by atoms with van der Waals surface area (Å²) in [6.07, 6.45) is 6.90. The summed E-state index contributed by atoms with van der Waals surface area (Å²) in [4.78, 5) is 0. The summed E-state index contributed by atoms with van der Waals surface area (Å²) in [5.41, 5.74) is 3.20. The summed E-state index contributed by atoms with van der Waals surface area (Å²) in [6, 6.07) is 4.84. The zero-order valence-electron chi connectivity index (χ0n) is 11.4. The average Bonchev–Trinajstić information content (AvgIpc) is 2.27. The number of phenols is 2. The number of hydrogen-bond acceptors (Lipinski definition) is 2. The third-order valence-electron chi connectivity index (χ3n) is 2.87. The van der Waals surface area contributed by atoms with Gasteiger partial charge in [-0.25, -0.2) is 0 Å². The fourth-order valence-electron chi connectivity index (χ4n) is 1.74. The van der Waals surface area contributed by atoms with Crippen LogP contribution in [0.25, 0.3) is 0 Å². The lowest BCUT2D eigenvalue weighted by atomic mass is 10.0. The van der Waals surface area contributed by atoms with Crippen LogP contribution in [0.1, 0.15) is 39.2 Å². The van der Waals surface area contributed by atoms with Gasteiger partial charge in [0, 0.05) is 5.56 Å². The summed E-state index contributed by atoms with van der Waals surface area (Å²) in [5.74, 6) is 0.312. The number of hydrogen-bond donors (Lipinski definition) is 2. The molecular formula is C16H22O2. The zero-order chi connectivity index (χ0) is 13.5. The van der Waals surface area contributed by atoms with Crippen molar-refractivity contribution in [1.82, 2.24) is 0 Å². The Labute approximate surface area is 109 Å². The second-order valence-corrected chi connectivity index (χ2v) is 4.85. The normalized spacial score (nSPS) is 11.4. The molecule has 0 unspecified atom stereocenters. The summed E-state index contributed by atoms with van der Waals surface area (Å²) in [7, 11) is 0. The van der Waals surface area contributed by atoms with Gasteiger partial charge in [-0.05, 0) is 52.2 Å². The first-order chi connectivity index (χ1) is 8.50. The molecule has 0 heterocycles. The molecule has 1 aromatic carbocycles. The van der Waals surface area contributed by atoms with E-state index in [0.29, 0.717) is 12.0 Å². The van der Waals surface area contributed by atoms with Gasteiger partial charge in [-0.15, -0.1) is 0 Å². The molecule has 1 rings (SSSR count). The Kier molecular flexibility index (Phi) is 5.50. The van der Waals surface area contributed by atoms with Crippen molar-refractivity contribution in [1.29, 1.82) is 0 Å². The van der Waals surface area contributed by atoms with E-state index in [1.165, 1.54) is 11.1 Å². The van der Waals surface area contributed by atoms with E-state index in [9.17, 15) is 10.2 Å². The van der Waals surface area contributed by atoms with Gasteiger partial charge in [0.1, 0.15) is 11.5 Å². The van der Waals surface area contributed by atoms with E-state index in [2.05, 4.69) is 32.9 Å². The van der Waals surface area contributed by atoms with Crippen LogP contribution < -0.4 is 0 Å². The monoisotopic (exact) mass is 246 g/mol. The minimum atomic E-state index is 0.156. The maximum Gasteiger partial charge on any atom is 0.122 e. The van der Waals surface area contributed by atoms with Gasteiger partial charge in [0.25, 0.3) is 0 Å². The van der Waals surface area contributed by atoms with Gasteiger partial charge in [0.05, 0.1) is 0 Å². The van der Waals surface area contributed by atoms with Crippen LogP contribution >= 0.6 is 0 Å². The Morgan fingerprint density at radius 1 is 1.06 bits per heavy atom. The standard InChI is InChI=1S/C16H22O2/c1-12(2)6-4-7-13(3)10-11-14-15(17)8-5-9-16(14)18/h5-6,8-10,17-18H,4,7,11H2,1-3H3. The smallest absolute Gasteiger partial charge is 0.122 e. The maximum absolute atomic E-state index is 9.65. The second-order valence-electron chi connectivity index (χ2n) is 4.85. The Bertz CT molecular complexity index is 432. The first-order valence-corrected chi connectivity index (χ1v) is 6.29. The van der Waals surface area contributed by atoms with Crippen molar-refractivity contribution in [3.63, 3.8) is 0 Å². The van der Waals surface area contributed by atoms with Crippen molar-refractivity contribution in [2.45, 2.75) is 40.0 Å². The maximum atomic E-state index is 9.65. The van der Waals surface area contributed by atoms with Gasteiger partial charge < -0.3 is 10.2 Å². The largest absolute Gasteiger partial charge is 0.508 e. The minimum absolute atomic E-state index is 0.156. The molecule has 18 heavy (non-hydrogen) atoms. The number of benzene rings is 1. The van der Waals surface area contributed by atoms with E-state index in [4.69, 9.17) is 0 Å². The molecule has 0 aliphatic rings. The molecule has 0 aliphatic carbocycles. The van der Waals surface area contributed by atoms with E-state index in [-0.39, 0.29) is 11.5 Å². The Balaban J connectivity index is 2.60. The van der Waals surface area contributed by atoms with Gasteiger partial charge in [-0.2, -0.15) is 0 Å². The predicted molar refractivity (Wildman–Crippen MR) is 75.9 cm³/mol. The lowest BCUT2D eigenvalue weighted by Crippen LogP contribution is -1.86. The predicted octanol–water partition coefficient (Wildman–Crippen LogP) is 4.33. The van der Waals surface area contributed by atoms with Crippen LogP contribution in [0.15, 0.2) is 41.5 Å². The molecule has 0 saturated heterocycles. The number of allylic oxidation sites excluding steroid dienone is 4. The first-order valence-electron chi connectivity index (χ1n) is 6.29. The highest BCUT2D eigenvalue weighted by atomic mass is 16.3. The molecule has 0 aromatic heterocycles. The average molecular weight is 246 g/mol. The Hall–Kier alpha value is -1.70. The highest BCUT2D eigenvalue weighted by molar-refractivity contribution is 5.44. The third-order valence-corrected chi connectivity index (χ3v) is 2.87. The highest BCUT2D eigenvalue weighted by Crippen LogP contribution is 2.27. The molecule has 2 N–H and O–H groups in total. The van der Waals surface area contributed by atoms with Crippen LogP contribution in [-0.4, -0.2) is 10.2 Å². The highest BCUT2D eigenvalue weighted by Gasteiger charge is 2.04. The van der Waals surface area contributed by atoms with E-state index in [0.717, 1.165) is 12.8 Å². The number of rotatable bonds is 5. The number of phenolic OH excluding ortho intramolecular Hbond substituents is 2. The second kappa shape index (κ2) is 6.90. The van der Waals surface area contributed by atoms with Crippen molar-refractivity contribution >= 4 is 0 Å². The van der Waals surface area contributed by atoms with E-state index in [1.807, 2.05) is 0 Å². The van der Waals surface area contributed by atoms with Crippen LogP contribution in [0.2, 0.25) is 0 Å². The third kappa shape index (κ3) is 4.66. The van der Waals surface area contributed by atoms with Gasteiger partial charge in [-0.1, -0.05) is 29.4 Å². The molecule has 1 aromatic rings. The first kappa shape index (κ1) is 14.4. The fourth-order valence-corrected chi connectivity index (χ4v) is 1.74. The molecule has 0 amide bonds. The molecule has 0 saturated carbocycles. The van der Waals surface area contributed by atoms with Crippen LogP contribution in [0.5, 0.6) is 11.5 Å². The Morgan fingerprint density at radius 2 is 1.67 bits per heavy atom. The van der Waals surface area contributed by atoms with Crippen molar-refractivity contribution < 1.29 is 10.2 Å². The van der Waals surface area contributed by atoms with Crippen molar-refractivity contribution in [3.8, 4) is 11.5 Å². The molecule has 0 atom stereocenters. The molecule has 0 radical (unpaired) electrons. The molecule has 2 nitrogen and oxygen atoms in total. The summed E-state index contributed by atoms with van der Waals surface area (Å²) < 4.78 is 0. The molecule has 98 valence electrons. The SMILES string of the molecule is CC(C)=CCCC(C)=CCc1c(O)cccc1O. The van der Waals surface area contributed by atoms with Gasteiger partial charge in [0.15, 0.2) is 0 Å². The molecule has 0 fully saturated rings. The lowest BCUT2D eigenvalue weighted by molar-refractivity contribution is 0.441. The van der Waals surface area contributed by atoms with Crippen LogP contribution in [0.3, 0.4) is 0 Å². The molecule has 0 aliphatic heterocycles. The van der Waals surface area contributed by atoms with E-state index >= 15 is 0 Å². The zero-order valence-corrected chi connectivity index (χ0v) is 11.4. The molecule has 0 bridgehead atoms. The topological polar surface area (TPSA) is 40.5 Å². The minimum Gasteiger partial charge on any atom is -0.508 e. The summed E-state index contributed by atoms with van der Waals surface area (Å²) in [6.45, 7) is 6.27. The molecule has 2 heteroatoms. The lowest BCUT2D eigenvalue weighted by Gasteiger charge is -2.05. The molecule has 0 spiro atoms. The van der Waals surface area contributed by atoms with Gasteiger partial charge in [-0.3, -0.25) is 0 Å². The van der Waals surface area contributed by atoms with E-state index < -0.39 is 0 Å².